The fourth-order valence-corrected chi connectivity index (χ4v) is 2.40. The molecule has 1 aliphatic heterocycles. The molecule has 0 radical (unpaired) electrons. The highest BCUT2D eigenvalue weighted by Crippen LogP contribution is 2.21. The standard InChI is InChI=1S/C11H17N3OS/c1-12-4-2-3-10-9-16-11(13-10)14-5-7-15-8-6-14/h2-3,9,12H,4-8H2,1H3. The SMILES string of the molecule is CNCC=Cc1csc(N2CCOCC2)n1. The molecule has 88 valence electrons. The first-order valence-corrected chi connectivity index (χ1v) is 6.37. The topological polar surface area (TPSA) is 37.4 Å². The van der Waals surface area contributed by atoms with E-state index in [1.54, 1.807) is 11.3 Å². The van der Waals surface area contributed by atoms with Crippen molar-refractivity contribution in [1.29, 1.82) is 0 Å². The Morgan fingerprint density at radius 1 is 1.56 bits per heavy atom. The molecule has 0 aromatic carbocycles. The summed E-state index contributed by atoms with van der Waals surface area (Å²) in [6.07, 6.45) is 4.13. The molecule has 1 N–H and O–H groups in total. The maximum Gasteiger partial charge on any atom is 0.185 e. The second kappa shape index (κ2) is 5.98. The molecule has 0 aliphatic carbocycles. The normalized spacial score (nSPS) is 17.2. The highest BCUT2D eigenvalue weighted by atomic mass is 32.1. The third-order valence-corrected chi connectivity index (χ3v) is 3.32. The molecule has 0 bridgehead atoms. The second-order valence-electron chi connectivity index (χ2n) is 3.61. The summed E-state index contributed by atoms with van der Waals surface area (Å²) in [5.41, 5.74) is 1.04. The van der Waals surface area contributed by atoms with E-state index in [4.69, 9.17) is 4.74 Å². The fraction of sp³-hybridized carbons (Fsp3) is 0.545. The number of hydrogen-bond donors (Lipinski definition) is 1. The van der Waals surface area contributed by atoms with E-state index in [1.807, 2.05) is 7.05 Å². The smallest absolute Gasteiger partial charge is 0.185 e. The van der Waals surface area contributed by atoms with E-state index in [0.717, 1.165) is 43.7 Å². The molecule has 0 unspecified atom stereocenters. The van der Waals surface area contributed by atoms with Gasteiger partial charge in [0.2, 0.25) is 0 Å². The third kappa shape index (κ3) is 3.04. The zero-order valence-corrected chi connectivity index (χ0v) is 10.3. The number of anilines is 1. The average molecular weight is 239 g/mol. The average Bonchev–Trinajstić information content (AvgIpc) is 2.79. The largest absolute Gasteiger partial charge is 0.378 e. The van der Waals surface area contributed by atoms with Crippen molar-refractivity contribution in [3.05, 3.63) is 17.2 Å². The minimum absolute atomic E-state index is 0.810. The molecule has 4 nitrogen and oxygen atoms in total. The van der Waals surface area contributed by atoms with E-state index < -0.39 is 0 Å². The molecule has 0 spiro atoms. The van der Waals surface area contributed by atoms with Gasteiger partial charge in [0.15, 0.2) is 5.13 Å². The lowest BCUT2D eigenvalue weighted by molar-refractivity contribution is 0.122. The molecule has 2 heterocycles. The van der Waals surface area contributed by atoms with Crippen LogP contribution in [0.2, 0.25) is 0 Å². The molecule has 1 aromatic heterocycles. The minimum Gasteiger partial charge on any atom is -0.378 e. The fourth-order valence-electron chi connectivity index (χ4n) is 1.55. The first-order valence-electron chi connectivity index (χ1n) is 5.49. The summed E-state index contributed by atoms with van der Waals surface area (Å²) in [5.74, 6) is 0. The highest BCUT2D eigenvalue weighted by molar-refractivity contribution is 7.13. The molecule has 0 atom stereocenters. The Labute approximate surface area is 99.9 Å². The van der Waals surface area contributed by atoms with Crippen molar-refractivity contribution in [3.63, 3.8) is 0 Å². The zero-order valence-electron chi connectivity index (χ0n) is 9.48. The highest BCUT2D eigenvalue weighted by Gasteiger charge is 2.13. The Kier molecular flexibility index (Phi) is 4.33. The molecule has 5 heteroatoms. The number of nitrogens with zero attached hydrogens (tertiary/aromatic N) is 2. The van der Waals surface area contributed by atoms with Crippen molar-refractivity contribution in [2.45, 2.75) is 0 Å². The molecule has 2 rings (SSSR count). The van der Waals surface area contributed by atoms with Crippen molar-refractivity contribution in [3.8, 4) is 0 Å². The number of nitrogens with one attached hydrogen (secondary N) is 1. The lowest BCUT2D eigenvalue weighted by atomic mass is 10.4. The maximum absolute atomic E-state index is 5.32. The number of likely N-dealkylation sites (N-methyl/N-ethyl adjacent to an activating group) is 1. The molecule has 0 amide bonds. The van der Waals surface area contributed by atoms with Crippen LogP contribution in [0.25, 0.3) is 6.08 Å². The van der Waals surface area contributed by atoms with Crippen molar-refractivity contribution in [2.75, 3.05) is 44.8 Å². The van der Waals surface area contributed by atoms with Crippen LogP contribution in [-0.2, 0) is 4.74 Å². The van der Waals surface area contributed by atoms with Gasteiger partial charge in [-0.3, -0.25) is 0 Å². The number of aromatic nitrogens is 1. The Morgan fingerprint density at radius 2 is 2.38 bits per heavy atom. The van der Waals surface area contributed by atoms with Gasteiger partial charge in [0.05, 0.1) is 18.9 Å². The van der Waals surface area contributed by atoms with E-state index in [2.05, 4.69) is 32.7 Å². The first-order chi connectivity index (χ1) is 7.90. The van der Waals surface area contributed by atoms with Crippen molar-refractivity contribution in [1.82, 2.24) is 10.3 Å². The molecule has 1 aliphatic rings. The summed E-state index contributed by atoms with van der Waals surface area (Å²) in [6.45, 7) is 4.40. The monoisotopic (exact) mass is 239 g/mol. The van der Waals surface area contributed by atoms with Gasteiger partial charge in [-0.15, -0.1) is 11.3 Å². The summed E-state index contributed by atoms with van der Waals surface area (Å²) in [4.78, 5) is 6.86. The summed E-state index contributed by atoms with van der Waals surface area (Å²) < 4.78 is 5.32. The van der Waals surface area contributed by atoms with Crippen LogP contribution in [0.4, 0.5) is 5.13 Å². The van der Waals surface area contributed by atoms with Gasteiger partial charge >= 0.3 is 0 Å². The molecule has 1 fully saturated rings. The molecular formula is C11H17N3OS. The molecule has 0 saturated carbocycles. The number of thiazole rings is 1. The zero-order chi connectivity index (χ0) is 11.2. The third-order valence-electron chi connectivity index (χ3n) is 2.40. The number of ether oxygens (including phenoxy) is 1. The predicted molar refractivity (Wildman–Crippen MR) is 68.1 cm³/mol. The molecule has 1 aromatic rings. The molecular weight excluding hydrogens is 222 g/mol. The summed E-state index contributed by atoms with van der Waals surface area (Å²) >= 11 is 1.70. The van der Waals surface area contributed by atoms with E-state index in [0.29, 0.717) is 0 Å². The molecule has 1 saturated heterocycles. The Bertz CT molecular complexity index is 345. The predicted octanol–water partition coefficient (Wildman–Crippen LogP) is 1.21. The van der Waals surface area contributed by atoms with Gasteiger partial charge in [0.1, 0.15) is 0 Å². The van der Waals surface area contributed by atoms with Crippen molar-refractivity contribution < 1.29 is 4.74 Å². The first kappa shape index (κ1) is 11.6. The van der Waals surface area contributed by atoms with Gasteiger partial charge in [0.25, 0.3) is 0 Å². The van der Waals surface area contributed by atoms with E-state index in [1.165, 1.54) is 0 Å². The van der Waals surface area contributed by atoms with E-state index >= 15 is 0 Å². The van der Waals surface area contributed by atoms with E-state index in [9.17, 15) is 0 Å². The number of hydrogen-bond acceptors (Lipinski definition) is 5. The van der Waals surface area contributed by atoms with Crippen LogP contribution in [0.5, 0.6) is 0 Å². The van der Waals surface area contributed by atoms with Crippen LogP contribution in [-0.4, -0.2) is 44.9 Å². The Hall–Kier alpha value is -0.910. The van der Waals surface area contributed by atoms with Crippen LogP contribution in [0, 0.1) is 0 Å². The van der Waals surface area contributed by atoms with Crippen LogP contribution in [0.3, 0.4) is 0 Å². The van der Waals surface area contributed by atoms with Gasteiger partial charge in [-0.05, 0) is 13.1 Å². The quantitative estimate of drug-likeness (QED) is 0.857. The Morgan fingerprint density at radius 3 is 3.12 bits per heavy atom. The lowest BCUT2D eigenvalue weighted by Crippen LogP contribution is -2.36. The van der Waals surface area contributed by atoms with Gasteiger partial charge in [-0.1, -0.05) is 6.08 Å². The number of morpholine rings is 1. The van der Waals surface area contributed by atoms with Crippen molar-refractivity contribution in [2.24, 2.45) is 0 Å². The van der Waals surface area contributed by atoms with Crippen LogP contribution < -0.4 is 10.2 Å². The summed E-state index contributed by atoms with van der Waals surface area (Å²) in [6, 6.07) is 0. The van der Waals surface area contributed by atoms with Gasteiger partial charge < -0.3 is 15.0 Å². The van der Waals surface area contributed by atoms with Crippen LogP contribution in [0.15, 0.2) is 11.5 Å². The van der Waals surface area contributed by atoms with Crippen LogP contribution >= 0.6 is 11.3 Å². The Balaban J connectivity index is 1.95. The minimum atomic E-state index is 0.810. The van der Waals surface area contributed by atoms with Crippen LogP contribution in [0.1, 0.15) is 5.69 Å². The van der Waals surface area contributed by atoms with Gasteiger partial charge in [0, 0.05) is 25.0 Å². The van der Waals surface area contributed by atoms with Crippen molar-refractivity contribution >= 4 is 22.5 Å². The van der Waals surface area contributed by atoms with E-state index in [-0.39, 0.29) is 0 Å². The maximum atomic E-state index is 5.32. The summed E-state index contributed by atoms with van der Waals surface area (Å²) in [5, 5.41) is 6.27. The lowest BCUT2D eigenvalue weighted by Gasteiger charge is -2.25. The summed E-state index contributed by atoms with van der Waals surface area (Å²) in [7, 11) is 1.94. The molecule has 16 heavy (non-hydrogen) atoms. The second-order valence-corrected chi connectivity index (χ2v) is 4.45. The van der Waals surface area contributed by atoms with Gasteiger partial charge in [-0.25, -0.2) is 4.98 Å². The number of rotatable bonds is 4. The van der Waals surface area contributed by atoms with Gasteiger partial charge in [-0.2, -0.15) is 0 Å².